The van der Waals surface area contributed by atoms with Crippen LogP contribution in [0.1, 0.15) is 23.1 Å². The zero-order valence-electron chi connectivity index (χ0n) is 15.6. The highest BCUT2D eigenvalue weighted by Crippen LogP contribution is 2.23. The summed E-state index contributed by atoms with van der Waals surface area (Å²) in [4.78, 5) is 34.9. The summed E-state index contributed by atoms with van der Waals surface area (Å²) in [6, 6.07) is 13.1. The van der Waals surface area contributed by atoms with Gasteiger partial charge in [0, 0.05) is 30.6 Å². The number of nitriles is 1. The maximum atomic E-state index is 12.3. The summed E-state index contributed by atoms with van der Waals surface area (Å²) in [7, 11) is 0. The van der Waals surface area contributed by atoms with Gasteiger partial charge in [-0.25, -0.2) is 9.97 Å². The van der Waals surface area contributed by atoms with Gasteiger partial charge in [0.05, 0.1) is 12.0 Å². The SMILES string of the molecule is N#Cc1cnc(-c2ncc(CC(=O)NCCCc3ccccc3)c(=O)[nH]2)c(O)c1. The maximum Gasteiger partial charge on any atom is 0.254 e. The molecule has 146 valence electrons. The van der Waals surface area contributed by atoms with Gasteiger partial charge >= 0.3 is 0 Å². The van der Waals surface area contributed by atoms with E-state index in [-0.39, 0.29) is 40.7 Å². The van der Waals surface area contributed by atoms with Crippen molar-refractivity contribution in [3.05, 3.63) is 75.8 Å². The summed E-state index contributed by atoms with van der Waals surface area (Å²) in [5.41, 5.74) is 1.17. The number of carbonyl (C=O) groups excluding carboxylic acids is 1. The molecule has 29 heavy (non-hydrogen) atoms. The average Bonchev–Trinajstić information content (AvgIpc) is 2.73. The standard InChI is InChI=1S/C21H19N5O3/c22-11-15-9-17(27)19(24-12-15)20-25-13-16(21(29)26-20)10-18(28)23-8-4-7-14-5-2-1-3-6-14/h1-3,5-6,9,12-13,27H,4,7-8,10H2,(H,23,28)(H,25,26,29). The molecule has 0 radical (unpaired) electrons. The Morgan fingerprint density at radius 2 is 2.00 bits per heavy atom. The normalized spacial score (nSPS) is 10.3. The molecule has 0 aliphatic rings. The van der Waals surface area contributed by atoms with Gasteiger partial charge in [0.2, 0.25) is 5.91 Å². The molecule has 0 spiro atoms. The van der Waals surface area contributed by atoms with E-state index in [9.17, 15) is 14.7 Å². The smallest absolute Gasteiger partial charge is 0.254 e. The second kappa shape index (κ2) is 9.28. The monoisotopic (exact) mass is 389 g/mol. The quantitative estimate of drug-likeness (QED) is 0.527. The minimum Gasteiger partial charge on any atom is -0.505 e. The molecule has 0 saturated heterocycles. The Morgan fingerprint density at radius 1 is 1.21 bits per heavy atom. The third-order valence-electron chi connectivity index (χ3n) is 4.25. The molecule has 3 rings (SSSR count). The van der Waals surface area contributed by atoms with Gasteiger partial charge in [0.25, 0.3) is 5.56 Å². The molecule has 2 heterocycles. The lowest BCUT2D eigenvalue weighted by Crippen LogP contribution is -2.29. The molecule has 0 fully saturated rings. The van der Waals surface area contributed by atoms with E-state index in [0.29, 0.717) is 6.54 Å². The van der Waals surface area contributed by atoms with Crippen molar-refractivity contribution in [1.82, 2.24) is 20.3 Å². The molecule has 0 unspecified atom stereocenters. The third kappa shape index (κ3) is 5.26. The number of H-pyrrole nitrogens is 1. The molecular weight excluding hydrogens is 370 g/mol. The van der Waals surface area contributed by atoms with Crippen LogP contribution in [0, 0.1) is 11.3 Å². The number of rotatable bonds is 7. The molecule has 3 aromatic rings. The summed E-state index contributed by atoms with van der Waals surface area (Å²) in [5.74, 6) is -0.474. The van der Waals surface area contributed by atoms with Crippen molar-refractivity contribution in [1.29, 1.82) is 5.26 Å². The van der Waals surface area contributed by atoms with E-state index in [4.69, 9.17) is 5.26 Å². The van der Waals surface area contributed by atoms with Crippen LogP contribution < -0.4 is 10.9 Å². The molecule has 1 amide bonds. The number of benzene rings is 1. The predicted octanol–water partition coefficient (Wildman–Crippen LogP) is 1.70. The van der Waals surface area contributed by atoms with Crippen LogP contribution in [-0.4, -0.2) is 32.5 Å². The van der Waals surface area contributed by atoms with Gasteiger partial charge in [-0.1, -0.05) is 30.3 Å². The molecule has 0 aliphatic carbocycles. The van der Waals surface area contributed by atoms with Crippen LogP contribution in [-0.2, 0) is 17.6 Å². The minimum atomic E-state index is -0.486. The van der Waals surface area contributed by atoms with Crippen LogP contribution in [0.25, 0.3) is 11.5 Å². The first-order valence-electron chi connectivity index (χ1n) is 9.05. The summed E-state index contributed by atoms with van der Waals surface area (Å²) in [6.07, 6.45) is 4.12. The number of aromatic amines is 1. The lowest BCUT2D eigenvalue weighted by Gasteiger charge is -2.06. The number of hydrogen-bond donors (Lipinski definition) is 3. The highest BCUT2D eigenvalue weighted by Gasteiger charge is 2.13. The van der Waals surface area contributed by atoms with E-state index in [0.717, 1.165) is 12.8 Å². The number of pyridine rings is 1. The fourth-order valence-electron chi connectivity index (χ4n) is 2.76. The zero-order chi connectivity index (χ0) is 20.6. The van der Waals surface area contributed by atoms with Gasteiger partial charge in [0.15, 0.2) is 5.82 Å². The van der Waals surface area contributed by atoms with E-state index >= 15 is 0 Å². The van der Waals surface area contributed by atoms with Crippen molar-refractivity contribution in [3.8, 4) is 23.3 Å². The van der Waals surface area contributed by atoms with Crippen LogP contribution in [0.15, 0.2) is 53.6 Å². The van der Waals surface area contributed by atoms with Crippen molar-refractivity contribution in [2.75, 3.05) is 6.54 Å². The Kier molecular flexibility index (Phi) is 6.32. The highest BCUT2D eigenvalue weighted by atomic mass is 16.3. The summed E-state index contributed by atoms with van der Waals surface area (Å²) < 4.78 is 0. The largest absolute Gasteiger partial charge is 0.505 e. The Labute approximate surface area is 166 Å². The summed E-state index contributed by atoms with van der Waals surface area (Å²) >= 11 is 0. The molecule has 0 aliphatic heterocycles. The van der Waals surface area contributed by atoms with E-state index < -0.39 is 5.56 Å². The van der Waals surface area contributed by atoms with Crippen molar-refractivity contribution in [2.45, 2.75) is 19.3 Å². The number of carbonyl (C=O) groups is 1. The molecule has 8 heteroatoms. The Bertz CT molecular complexity index is 1100. The third-order valence-corrected chi connectivity index (χ3v) is 4.25. The molecular formula is C21H19N5O3. The van der Waals surface area contributed by atoms with E-state index in [1.165, 1.54) is 24.0 Å². The number of aryl methyl sites for hydroxylation is 1. The van der Waals surface area contributed by atoms with Gasteiger partial charge in [0.1, 0.15) is 17.5 Å². The van der Waals surface area contributed by atoms with Gasteiger partial charge in [-0.15, -0.1) is 0 Å². The number of nitrogens with zero attached hydrogens (tertiary/aromatic N) is 3. The Balaban J connectivity index is 1.57. The van der Waals surface area contributed by atoms with Crippen LogP contribution in [0.4, 0.5) is 0 Å². The summed E-state index contributed by atoms with van der Waals surface area (Å²) in [5, 5.41) is 21.5. The number of nitrogens with one attached hydrogen (secondary N) is 2. The number of amides is 1. The van der Waals surface area contributed by atoms with Crippen molar-refractivity contribution < 1.29 is 9.90 Å². The van der Waals surface area contributed by atoms with Gasteiger partial charge in [-0.3, -0.25) is 9.59 Å². The van der Waals surface area contributed by atoms with Crippen LogP contribution in [0.3, 0.4) is 0 Å². The second-order valence-electron chi connectivity index (χ2n) is 6.41. The fourth-order valence-corrected chi connectivity index (χ4v) is 2.76. The topological polar surface area (TPSA) is 132 Å². The molecule has 0 bridgehead atoms. The zero-order valence-corrected chi connectivity index (χ0v) is 15.6. The van der Waals surface area contributed by atoms with Crippen LogP contribution >= 0.6 is 0 Å². The summed E-state index contributed by atoms with van der Waals surface area (Å²) in [6.45, 7) is 0.514. The van der Waals surface area contributed by atoms with Crippen LogP contribution in [0.2, 0.25) is 0 Å². The first kappa shape index (κ1) is 19.8. The maximum absolute atomic E-state index is 12.3. The molecule has 0 atom stereocenters. The first-order chi connectivity index (χ1) is 14.1. The lowest BCUT2D eigenvalue weighted by molar-refractivity contribution is -0.120. The molecule has 8 nitrogen and oxygen atoms in total. The average molecular weight is 389 g/mol. The van der Waals surface area contributed by atoms with Gasteiger partial charge in [-0.05, 0) is 18.4 Å². The second-order valence-corrected chi connectivity index (χ2v) is 6.41. The molecule has 3 N–H and O–H groups in total. The molecule has 0 saturated carbocycles. The number of aromatic hydroxyl groups is 1. The number of hydrogen-bond acceptors (Lipinski definition) is 6. The Morgan fingerprint density at radius 3 is 2.69 bits per heavy atom. The first-order valence-corrected chi connectivity index (χ1v) is 9.05. The molecule has 2 aromatic heterocycles. The van der Waals surface area contributed by atoms with Gasteiger partial charge < -0.3 is 15.4 Å². The van der Waals surface area contributed by atoms with Crippen molar-refractivity contribution in [3.63, 3.8) is 0 Å². The molecule has 1 aromatic carbocycles. The van der Waals surface area contributed by atoms with E-state index in [1.807, 2.05) is 36.4 Å². The van der Waals surface area contributed by atoms with E-state index in [1.54, 1.807) is 0 Å². The lowest BCUT2D eigenvalue weighted by atomic mass is 10.1. The Hall–Kier alpha value is -3.99. The van der Waals surface area contributed by atoms with Crippen molar-refractivity contribution >= 4 is 5.91 Å². The van der Waals surface area contributed by atoms with Gasteiger partial charge in [-0.2, -0.15) is 5.26 Å². The van der Waals surface area contributed by atoms with E-state index in [2.05, 4.69) is 20.3 Å². The predicted molar refractivity (Wildman–Crippen MR) is 106 cm³/mol. The van der Waals surface area contributed by atoms with Crippen molar-refractivity contribution in [2.24, 2.45) is 0 Å². The minimum absolute atomic E-state index is 0.0537. The highest BCUT2D eigenvalue weighted by molar-refractivity contribution is 5.78. The van der Waals surface area contributed by atoms with Crippen LogP contribution in [0.5, 0.6) is 5.75 Å². The fraction of sp³-hybridized carbons (Fsp3) is 0.190. The number of aromatic nitrogens is 3.